The van der Waals surface area contributed by atoms with Gasteiger partial charge in [-0.15, -0.1) is 0 Å². The number of nitrogens with zero attached hydrogens (tertiary/aromatic N) is 1. The Bertz CT molecular complexity index is 502. The van der Waals surface area contributed by atoms with E-state index in [2.05, 4.69) is 10.2 Å². The molecule has 1 saturated carbocycles. The zero-order valence-electron chi connectivity index (χ0n) is 14.1. The van der Waals surface area contributed by atoms with E-state index in [-0.39, 0.29) is 11.9 Å². The van der Waals surface area contributed by atoms with E-state index in [0.29, 0.717) is 18.9 Å². The van der Waals surface area contributed by atoms with Crippen molar-refractivity contribution in [3.05, 3.63) is 23.7 Å². The van der Waals surface area contributed by atoms with Gasteiger partial charge in [0.05, 0.1) is 19.3 Å². The summed E-state index contributed by atoms with van der Waals surface area (Å²) < 4.78 is 11.3. The molecule has 1 aliphatic carbocycles. The molecule has 1 saturated heterocycles. The Morgan fingerprint density at radius 2 is 2.04 bits per heavy atom. The van der Waals surface area contributed by atoms with E-state index < -0.39 is 0 Å². The summed E-state index contributed by atoms with van der Waals surface area (Å²) in [4.78, 5) is 14.6. The molecule has 1 N–H and O–H groups in total. The van der Waals surface area contributed by atoms with Crippen molar-refractivity contribution in [2.24, 2.45) is 5.92 Å². The van der Waals surface area contributed by atoms with Crippen LogP contribution in [0.3, 0.4) is 0 Å². The Kier molecular flexibility index (Phi) is 5.73. The van der Waals surface area contributed by atoms with Crippen molar-refractivity contribution in [1.29, 1.82) is 0 Å². The highest BCUT2D eigenvalue weighted by Crippen LogP contribution is 2.28. The lowest BCUT2D eigenvalue weighted by atomic mass is 10.0. The van der Waals surface area contributed by atoms with Gasteiger partial charge in [-0.25, -0.2) is 0 Å². The van der Waals surface area contributed by atoms with Gasteiger partial charge in [0.25, 0.3) is 0 Å². The fourth-order valence-electron chi connectivity index (χ4n) is 3.69. The molecule has 1 aromatic heterocycles. The minimum atomic E-state index is 0.0973. The van der Waals surface area contributed by atoms with Gasteiger partial charge >= 0.3 is 0 Å². The average Bonchev–Trinajstić information content (AvgIpc) is 3.21. The van der Waals surface area contributed by atoms with Crippen LogP contribution in [0.15, 0.2) is 16.5 Å². The van der Waals surface area contributed by atoms with Crippen LogP contribution in [0.2, 0.25) is 0 Å². The quantitative estimate of drug-likeness (QED) is 0.875. The molecule has 5 nitrogen and oxygen atoms in total. The lowest BCUT2D eigenvalue weighted by molar-refractivity contribution is -0.122. The number of carbonyl (C=O) groups is 1. The summed E-state index contributed by atoms with van der Waals surface area (Å²) in [5, 5.41) is 3.13. The number of carbonyl (C=O) groups excluding carboxylic acids is 1. The number of aryl methyl sites for hydroxylation is 1. The maximum absolute atomic E-state index is 12.2. The lowest BCUT2D eigenvalue weighted by Gasteiger charge is -2.33. The first-order valence-corrected chi connectivity index (χ1v) is 8.87. The molecule has 0 radical (unpaired) electrons. The van der Waals surface area contributed by atoms with E-state index in [1.807, 2.05) is 19.1 Å². The summed E-state index contributed by atoms with van der Waals surface area (Å²) in [5.74, 6) is 2.61. The van der Waals surface area contributed by atoms with Crippen molar-refractivity contribution in [2.45, 2.75) is 45.1 Å². The van der Waals surface area contributed by atoms with Crippen molar-refractivity contribution < 1.29 is 13.9 Å². The first-order chi connectivity index (χ1) is 11.2. The molecular weight excluding hydrogens is 292 g/mol. The van der Waals surface area contributed by atoms with Gasteiger partial charge in [-0.2, -0.15) is 0 Å². The van der Waals surface area contributed by atoms with Crippen LogP contribution in [0.25, 0.3) is 0 Å². The van der Waals surface area contributed by atoms with E-state index >= 15 is 0 Å². The molecular formula is C18H28N2O3. The normalized spacial score (nSPS) is 21.4. The van der Waals surface area contributed by atoms with Crippen LogP contribution in [-0.4, -0.2) is 43.7 Å². The second kappa shape index (κ2) is 7.97. The zero-order valence-corrected chi connectivity index (χ0v) is 14.1. The number of nitrogens with one attached hydrogen (secondary N) is 1. The molecule has 128 valence electrons. The van der Waals surface area contributed by atoms with Crippen LogP contribution in [0.1, 0.15) is 49.7 Å². The van der Waals surface area contributed by atoms with Crippen LogP contribution in [0.5, 0.6) is 0 Å². The van der Waals surface area contributed by atoms with Crippen molar-refractivity contribution in [3.63, 3.8) is 0 Å². The Hall–Kier alpha value is -1.33. The molecule has 2 aliphatic rings. The van der Waals surface area contributed by atoms with Gasteiger partial charge in [0.2, 0.25) is 5.91 Å². The molecule has 2 fully saturated rings. The SMILES string of the molecule is Cc1ccc(C(CNC(=O)CC2CCCC2)N2CCOCC2)o1. The number of hydrogen-bond donors (Lipinski definition) is 1. The smallest absolute Gasteiger partial charge is 0.220 e. The third-order valence-corrected chi connectivity index (χ3v) is 5.02. The molecule has 3 rings (SSSR count). The molecule has 0 aromatic carbocycles. The predicted octanol–water partition coefficient (Wildman–Crippen LogP) is 2.66. The summed E-state index contributed by atoms with van der Waals surface area (Å²) in [6.45, 7) is 5.81. The van der Waals surface area contributed by atoms with Crippen molar-refractivity contribution in [1.82, 2.24) is 10.2 Å². The second-order valence-electron chi connectivity index (χ2n) is 6.77. The largest absolute Gasteiger partial charge is 0.465 e. The van der Waals surface area contributed by atoms with Crippen LogP contribution in [-0.2, 0) is 9.53 Å². The molecule has 1 aliphatic heterocycles. The number of morpholine rings is 1. The molecule has 1 amide bonds. The summed E-state index contributed by atoms with van der Waals surface area (Å²) >= 11 is 0. The van der Waals surface area contributed by atoms with Crippen molar-refractivity contribution >= 4 is 5.91 Å². The molecule has 0 bridgehead atoms. The Labute approximate surface area is 138 Å². The summed E-state index contributed by atoms with van der Waals surface area (Å²) in [7, 11) is 0. The van der Waals surface area contributed by atoms with E-state index in [1.54, 1.807) is 0 Å². The monoisotopic (exact) mass is 320 g/mol. The third-order valence-electron chi connectivity index (χ3n) is 5.02. The molecule has 1 aromatic rings. The maximum Gasteiger partial charge on any atom is 0.220 e. The average molecular weight is 320 g/mol. The molecule has 1 atom stereocenters. The zero-order chi connectivity index (χ0) is 16.1. The van der Waals surface area contributed by atoms with E-state index in [1.165, 1.54) is 25.7 Å². The number of hydrogen-bond acceptors (Lipinski definition) is 4. The third kappa shape index (κ3) is 4.58. The van der Waals surface area contributed by atoms with Gasteiger partial charge in [0.15, 0.2) is 0 Å². The van der Waals surface area contributed by atoms with Gasteiger partial charge in [0, 0.05) is 26.1 Å². The van der Waals surface area contributed by atoms with Crippen molar-refractivity contribution in [3.8, 4) is 0 Å². The summed E-state index contributed by atoms with van der Waals surface area (Å²) in [6, 6.07) is 4.11. The van der Waals surface area contributed by atoms with E-state index in [9.17, 15) is 4.79 Å². The van der Waals surface area contributed by atoms with Crippen LogP contribution >= 0.6 is 0 Å². The highest BCUT2D eigenvalue weighted by Gasteiger charge is 2.26. The Balaban J connectivity index is 1.57. The van der Waals surface area contributed by atoms with Gasteiger partial charge < -0.3 is 14.5 Å². The second-order valence-corrected chi connectivity index (χ2v) is 6.77. The number of amides is 1. The minimum Gasteiger partial charge on any atom is -0.465 e. The Morgan fingerprint density at radius 1 is 1.30 bits per heavy atom. The van der Waals surface area contributed by atoms with Crippen LogP contribution in [0.4, 0.5) is 0 Å². The predicted molar refractivity (Wildman–Crippen MR) is 88.2 cm³/mol. The minimum absolute atomic E-state index is 0.0973. The summed E-state index contributed by atoms with van der Waals surface area (Å²) in [6.07, 6.45) is 5.64. The van der Waals surface area contributed by atoms with Gasteiger partial charge in [-0.1, -0.05) is 12.8 Å². The van der Waals surface area contributed by atoms with E-state index in [0.717, 1.165) is 37.8 Å². The van der Waals surface area contributed by atoms with Gasteiger partial charge in [-0.3, -0.25) is 9.69 Å². The number of rotatable bonds is 6. The Morgan fingerprint density at radius 3 is 2.70 bits per heavy atom. The van der Waals surface area contributed by atoms with Gasteiger partial charge in [-0.05, 0) is 37.8 Å². The highest BCUT2D eigenvalue weighted by atomic mass is 16.5. The fraction of sp³-hybridized carbons (Fsp3) is 0.722. The van der Waals surface area contributed by atoms with Crippen LogP contribution < -0.4 is 5.32 Å². The summed E-state index contributed by atoms with van der Waals surface area (Å²) in [5.41, 5.74) is 0. The lowest BCUT2D eigenvalue weighted by Crippen LogP contribution is -2.43. The topological polar surface area (TPSA) is 54.7 Å². The molecule has 2 heterocycles. The molecule has 0 spiro atoms. The number of furan rings is 1. The molecule has 23 heavy (non-hydrogen) atoms. The first-order valence-electron chi connectivity index (χ1n) is 8.87. The fourth-order valence-corrected chi connectivity index (χ4v) is 3.69. The van der Waals surface area contributed by atoms with Gasteiger partial charge in [0.1, 0.15) is 11.5 Å². The molecule has 1 unspecified atom stereocenters. The van der Waals surface area contributed by atoms with Crippen LogP contribution in [0, 0.1) is 12.8 Å². The maximum atomic E-state index is 12.2. The van der Waals surface area contributed by atoms with Crippen molar-refractivity contribution in [2.75, 3.05) is 32.8 Å². The van der Waals surface area contributed by atoms with E-state index in [4.69, 9.17) is 9.15 Å². The number of ether oxygens (including phenoxy) is 1. The first kappa shape index (κ1) is 16.5. The standard InChI is InChI=1S/C18H28N2O3/c1-14-6-7-17(23-14)16(20-8-10-22-11-9-20)13-19-18(21)12-15-4-2-3-5-15/h6-7,15-16H,2-5,8-13H2,1H3,(H,19,21). The molecule has 5 heteroatoms. The highest BCUT2D eigenvalue weighted by molar-refractivity contribution is 5.76.